The van der Waals surface area contributed by atoms with E-state index in [9.17, 15) is 39.6 Å². The highest BCUT2D eigenvalue weighted by molar-refractivity contribution is 6.33. The van der Waals surface area contributed by atoms with E-state index in [2.05, 4.69) is 64.8 Å². The Morgan fingerprint density at radius 3 is 0.856 bits per heavy atom. The number of ether oxygens (including phenoxy) is 2. The molecule has 4 atom stereocenters. The molecule has 118 heavy (non-hydrogen) atoms. The van der Waals surface area contributed by atoms with Crippen molar-refractivity contribution < 1.29 is 67.2 Å². The maximum Gasteiger partial charge on any atom is 0.259 e. The van der Waals surface area contributed by atoms with Gasteiger partial charge in [-0.3, -0.25) is 19.2 Å². The van der Waals surface area contributed by atoms with Crippen molar-refractivity contribution in [2.24, 2.45) is 0 Å². The molecular weight excluding hydrogens is 1540 g/mol. The molecule has 4 fully saturated rings. The van der Waals surface area contributed by atoms with Gasteiger partial charge in [0, 0.05) is 133 Å². The highest BCUT2D eigenvalue weighted by Crippen LogP contribution is 2.53. The number of aliphatic hydroxyl groups excluding tert-OH is 4. The molecule has 4 amide bonds. The zero-order valence-corrected chi connectivity index (χ0v) is 66.6. The zero-order valence-electron chi connectivity index (χ0n) is 65.1. The number of amides is 4. The maximum atomic E-state index is 12.5. The number of likely N-dealkylation sites (tertiary alicyclic amines) is 4. The predicted octanol–water partition coefficient (Wildman–Crippen LogP) is 12.6. The molecule has 4 saturated heterocycles. The van der Waals surface area contributed by atoms with Crippen LogP contribution in [0.2, 0.25) is 10.0 Å². The van der Waals surface area contributed by atoms with Crippen LogP contribution in [0, 0.1) is 0 Å². The number of benzene rings is 8. The molecule has 20 rings (SSSR count). The molecular formula is C90H86Cl2N12O14. The summed E-state index contributed by atoms with van der Waals surface area (Å²) >= 11 is 12.5. The van der Waals surface area contributed by atoms with Gasteiger partial charge in [0.1, 0.15) is 11.5 Å². The summed E-state index contributed by atoms with van der Waals surface area (Å²) in [5.74, 6) is 5.88. The first-order valence-electron chi connectivity index (χ1n) is 39.7. The van der Waals surface area contributed by atoms with Gasteiger partial charge in [-0.2, -0.15) is 19.9 Å². The van der Waals surface area contributed by atoms with E-state index in [4.69, 9.17) is 50.8 Å². The lowest BCUT2D eigenvalue weighted by Gasteiger charge is -2.24. The molecule has 0 saturated carbocycles. The summed E-state index contributed by atoms with van der Waals surface area (Å²) in [4.78, 5) is 75.3. The van der Waals surface area contributed by atoms with Crippen LogP contribution in [0.5, 0.6) is 11.5 Å². The predicted molar refractivity (Wildman–Crippen MR) is 437 cm³/mol. The van der Waals surface area contributed by atoms with Crippen molar-refractivity contribution in [1.29, 1.82) is 0 Å². The van der Waals surface area contributed by atoms with Gasteiger partial charge in [0.05, 0.1) is 61.8 Å². The summed E-state index contributed by atoms with van der Waals surface area (Å²) < 4.78 is 32.4. The Morgan fingerprint density at radius 2 is 0.593 bits per heavy atom. The number of hydrogen-bond donors (Lipinski definition) is 4. The van der Waals surface area contributed by atoms with Crippen LogP contribution in [0.3, 0.4) is 0 Å². The SMILES string of the molecule is COc1ccc(-c2nc(-c3cccc4c3CC[C@@]43CC(=O)N(CCO)C3)no2)cc1.COc1ccc(-c2nc(-c3cccc4c3CC[C@]43CC(=O)N(CCO)C3)no2)cc1.O=C1C[C@@]2(CCc3c(-c4noc(-c5ccccc5Cl)n4)cccc32)CN1CCO.O=C1C[C@]2(CCc3c(-c4noc(-c5ccccc5Cl)n4)cccc32)CN1CCO. The van der Waals surface area contributed by atoms with Crippen molar-refractivity contribution in [3.63, 3.8) is 0 Å². The Hall–Kier alpha value is -11.8. The fraction of sp³-hybridized carbons (Fsp3) is 0.333. The Bertz CT molecular complexity index is 5420. The Morgan fingerprint density at radius 1 is 0.339 bits per heavy atom. The fourth-order valence-electron chi connectivity index (χ4n) is 19.1. The second-order valence-corrected chi connectivity index (χ2v) is 32.2. The van der Waals surface area contributed by atoms with Crippen molar-refractivity contribution in [2.45, 2.75) is 98.7 Å². The largest absolute Gasteiger partial charge is 0.497 e. The number of nitrogens with zero attached hydrogens (tertiary/aromatic N) is 12. The van der Waals surface area contributed by atoms with Crippen LogP contribution in [0.4, 0.5) is 0 Å². The zero-order chi connectivity index (χ0) is 81.5. The van der Waals surface area contributed by atoms with Crippen LogP contribution >= 0.6 is 23.2 Å². The minimum Gasteiger partial charge on any atom is -0.497 e. The number of β-amino-alcohol motifs (C(OH)–C–C–N with tert-alkyl or cyclic N) is 4. The van der Waals surface area contributed by atoms with Gasteiger partial charge in [0.15, 0.2) is 0 Å². The lowest BCUT2D eigenvalue weighted by atomic mass is 9.80. The van der Waals surface area contributed by atoms with Crippen LogP contribution in [-0.2, 0) is 66.5 Å². The van der Waals surface area contributed by atoms with Gasteiger partial charge in [-0.25, -0.2) is 0 Å². The minimum absolute atomic E-state index is 0.00822. The summed E-state index contributed by atoms with van der Waals surface area (Å²) in [6.07, 6.45) is 9.07. The molecule has 0 radical (unpaired) electrons. The monoisotopic (exact) mass is 1630 g/mol. The molecule has 8 heterocycles. The van der Waals surface area contributed by atoms with E-state index in [-0.39, 0.29) is 71.7 Å². The van der Waals surface area contributed by atoms with Gasteiger partial charge in [0.25, 0.3) is 23.6 Å². The number of carbonyl (C=O) groups is 4. The van der Waals surface area contributed by atoms with Gasteiger partial charge < -0.3 is 67.6 Å². The number of halogens is 2. The maximum absolute atomic E-state index is 12.5. The third-order valence-electron chi connectivity index (χ3n) is 24.8. The second kappa shape index (κ2) is 33.0. The summed E-state index contributed by atoms with van der Waals surface area (Å²) in [5, 5.41) is 55.0. The van der Waals surface area contributed by atoms with Crippen molar-refractivity contribution in [3.8, 4) is 103 Å². The third-order valence-corrected chi connectivity index (χ3v) is 25.4. The van der Waals surface area contributed by atoms with Crippen molar-refractivity contribution in [2.75, 3.05) is 93.0 Å². The second-order valence-electron chi connectivity index (χ2n) is 31.4. The van der Waals surface area contributed by atoms with E-state index in [1.807, 2.05) is 133 Å². The normalized spacial score (nSPS) is 20.4. The number of carbonyl (C=O) groups excluding carboxylic acids is 4. The van der Waals surface area contributed by atoms with E-state index >= 15 is 0 Å². The minimum atomic E-state index is -0.188. The molecule has 4 N–H and O–H groups in total. The van der Waals surface area contributed by atoms with Crippen LogP contribution in [-0.4, -0.2) is 197 Å². The van der Waals surface area contributed by atoms with E-state index in [1.54, 1.807) is 46.0 Å². The smallest absolute Gasteiger partial charge is 0.259 e. The standard InChI is InChI=1S/2C23H23N3O4.2C22H20ClN3O3/c2*1-29-16-7-5-15(6-8-16)22-24-21(25-30-22)18-3-2-4-19-17(18)9-10-23(19)13-20(28)26(14-23)11-12-27;2*23-18-7-2-1-4-16(18)21-24-20(25-29-21)15-5-3-6-17-14(15)8-9-22(17)12-19(28)26(13-22)10-11-27/h2*2-8,27H,9-14H2,1H3;2*1-7,27H,8-13H2/t2*23-;2*22-/m1010/s1. The molecule has 604 valence electrons. The Labute approximate surface area is 689 Å². The first kappa shape index (κ1) is 78.7. The Kier molecular flexibility index (Phi) is 22.0. The number of aromatic nitrogens is 8. The first-order valence-corrected chi connectivity index (χ1v) is 40.4. The first-order chi connectivity index (χ1) is 57.5. The number of methoxy groups -OCH3 is 2. The molecule has 4 spiro atoms. The van der Waals surface area contributed by atoms with Gasteiger partial charge in [0.2, 0.25) is 46.9 Å². The molecule has 4 aromatic heterocycles. The lowest BCUT2D eigenvalue weighted by Crippen LogP contribution is -2.32. The van der Waals surface area contributed by atoms with Crippen LogP contribution in [0.15, 0.2) is 188 Å². The molecule has 0 bridgehead atoms. The van der Waals surface area contributed by atoms with Crippen LogP contribution in [0.1, 0.15) is 95.9 Å². The highest BCUT2D eigenvalue weighted by atomic mass is 35.5. The van der Waals surface area contributed by atoms with E-state index in [0.29, 0.717) is 146 Å². The van der Waals surface area contributed by atoms with E-state index in [0.717, 1.165) is 96.2 Å². The molecule has 26 nitrogen and oxygen atoms in total. The summed E-state index contributed by atoms with van der Waals surface area (Å²) in [6.45, 7) is 4.15. The molecule has 4 aliphatic heterocycles. The van der Waals surface area contributed by atoms with E-state index < -0.39 is 0 Å². The summed E-state index contributed by atoms with van der Waals surface area (Å²) in [6, 6.07) is 54.2. The molecule has 8 aliphatic rings. The highest BCUT2D eigenvalue weighted by Gasteiger charge is 2.53. The third kappa shape index (κ3) is 14.8. The average Bonchev–Trinajstić information content (AvgIpc) is 1.60. The summed E-state index contributed by atoms with van der Waals surface area (Å²) in [7, 11) is 3.26. The van der Waals surface area contributed by atoms with Gasteiger partial charge >= 0.3 is 0 Å². The number of rotatable bonds is 18. The van der Waals surface area contributed by atoms with Crippen molar-refractivity contribution >= 4 is 46.8 Å². The van der Waals surface area contributed by atoms with E-state index in [1.165, 1.54) is 44.5 Å². The summed E-state index contributed by atoms with van der Waals surface area (Å²) in [5.41, 5.74) is 15.7. The quantitative estimate of drug-likeness (QED) is 0.0620. The molecule has 8 aromatic carbocycles. The average molecular weight is 1630 g/mol. The lowest BCUT2D eigenvalue weighted by molar-refractivity contribution is -0.128. The molecule has 0 unspecified atom stereocenters. The van der Waals surface area contributed by atoms with Crippen molar-refractivity contribution in [1.82, 2.24) is 60.2 Å². The van der Waals surface area contributed by atoms with Gasteiger partial charge in [-0.05, 0) is 169 Å². The van der Waals surface area contributed by atoms with Crippen LogP contribution < -0.4 is 9.47 Å². The fourth-order valence-corrected chi connectivity index (χ4v) is 19.5. The number of aliphatic hydroxyl groups is 4. The van der Waals surface area contributed by atoms with Crippen molar-refractivity contribution in [3.05, 3.63) is 224 Å². The Balaban J connectivity index is 0.000000113. The molecule has 12 aromatic rings. The molecule has 4 aliphatic carbocycles. The van der Waals surface area contributed by atoms with Crippen LogP contribution in [0.25, 0.3) is 91.4 Å². The van der Waals surface area contributed by atoms with Gasteiger partial charge in [-0.1, -0.05) is 141 Å². The molecule has 28 heteroatoms. The topological polar surface area (TPSA) is 336 Å². The number of fused-ring (bicyclic) bond motifs is 8. The number of hydrogen-bond acceptors (Lipinski definition) is 22. The van der Waals surface area contributed by atoms with Gasteiger partial charge in [-0.15, -0.1) is 0 Å².